The van der Waals surface area contributed by atoms with Crippen LogP contribution in [0.3, 0.4) is 0 Å². The van der Waals surface area contributed by atoms with Crippen molar-refractivity contribution in [3.63, 3.8) is 0 Å². The normalized spacial score (nSPS) is 12.7. The summed E-state index contributed by atoms with van der Waals surface area (Å²) in [5.74, 6) is -1.36. The fourth-order valence-electron chi connectivity index (χ4n) is 5.75. The molecule has 12 heteroatoms. The highest BCUT2D eigenvalue weighted by atomic mass is 32.2. The standard InChI is InChI=1S/C32H26F2N6O3S/c1-3-44(42,43)38-27-17-26-23(31(32(41)35-2)40(37-26)20-10-8-19(33)9-11-20)15-22(27)25-12-7-18-13-14-39-28-6-4-5-24(34)21(28)16-29(39)30(18)36-25/h4-12,15-17,38H,3,13-14H2,1-2H3,(H,35,41). The van der Waals surface area contributed by atoms with Crippen LogP contribution in [0.15, 0.2) is 72.8 Å². The van der Waals surface area contributed by atoms with Gasteiger partial charge in [0.15, 0.2) is 0 Å². The van der Waals surface area contributed by atoms with Gasteiger partial charge in [0.25, 0.3) is 5.91 Å². The Morgan fingerprint density at radius 1 is 1.00 bits per heavy atom. The van der Waals surface area contributed by atoms with E-state index in [9.17, 15) is 22.0 Å². The van der Waals surface area contributed by atoms with Crippen LogP contribution in [0.2, 0.25) is 0 Å². The summed E-state index contributed by atoms with van der Waals surface area (Å²) in [5, 5.41) is 8.19. The lowest BCUT2D eigenvalue weighted by Crippen LogP contribution is -2.21. The summed E-state index contributed by atoms with van der Waals surface area (Å²) in [5.41, 5.74) is 5.30. The number of anilines is 1. The van der Waals surface area contributed by atoms with E-state index in [2.05, 4.69) is 15.1 Å². The van der Waals surface area contributed by atoms with E-state index in [0.29, 0.717) is 51.9 Å². The molecule has 6 aromatic rings. The second kappa shape index (κ2) is 10.3. The number of aryl methyl sites for hydroxylation is 2. The number of pyridine rings is 1. The summed E-state index contributed by atoms with van der Waals surface area (Å²) in [6.07, 6.45) is 0.690. The Hall–Kier alpha value is -5.10. The Labute approximate surface area is 251 Å². The number of carbonyl (C=O) groups excluding carboxylic acids is 1. The first kappa shape index (κ1) is 27.7. The van der Waals surface area contributed by atoms with Gasteiger partial charge in [0.2, 0.25) is 10.0 Å². The Morgan fingerprint density at radius 3 is 2.55 bits per heavy atom. The van der Waals surface area contributed by atoms with Crippen molar-refractivity contribution in [2.75, 3.05) is 17.5 Å². The summed E-state index contributed by atoms with van der Waals surface area (Å²) in [6, 6.07) is 19.3. The molecule has 0 radical (unpaired) electrons. The molecule has 0 aliphatic carbocycles. The van der Waals surface area contributed by atoms with Gasteiger partial charge >= 0.3 is 0 Å². The van der Waals surface area contributed by atoms with E-state index in [1.54, 1.807) is 24.3 Å². The lowest BCUT2D eigenvalue weighted by Gasteiger charge is -2.20. The number of amides is 1. The van der Waals surface area contributed by atoms with Crippen molar-refractivity contribution in [1.82, 2.24) is 24.6 Å². The van der Waals surface area contributed by atoms with Crippen LogP contribution in [0, 0.1) is 11.6 Å². The first-order valence-corrected chi connectivity index (χ1v) is 15.7. The average Bonchev–Trinajstić information content (AvgIpc) is 3.60. The summed E-state index contributed by atoms with van der Waals surface area (Å²) in [4.78, 5) is 18.2. The third-order valence-corrected chi connectivity index (χ3v) is 9.26. The number of nitrogens with one attached hydrogen (secondary N) is 2. The van der Waals surface area contributed by atoms with Crippen LogP contribution in [0.5, 0.6) is 0 Å². The molecule has 0 unspecified atom stereocenters. The van der Waals surface area contributed by atoms with Crippen LogP contribution in [0.1, 0.15) is 23.0 Å². The fourth-order valence-corrected chi connectivity index (χ4v) is 6.40. The summed E-state index contributed by atoms with van der Waals surface area (Å²) < 4.78 is 60.1. The zero-order valence-electron chi connectivity index (χ0n) is 23.7. The summed E-state index contributed by atoms with van der Waals surface area (Å²) in [7, 11) is -2.23. The Kier molecular flexibility index (Phi) is 6.47. The first-order valence-electron chi connectivity index (χ1n) is 14.0. The Balaban J connectivity index is 1.47. The molecule has 1 amide bonds. The molecule has 9 nitrogen and oxygen atoms in total. The van der Waals surface area contributed by atoms with Gasteiger partial charge in [-0.05, 0) is 79.6 Å². The molecular weight excluding hydrogens is 586 g/mol. The molecule has 3 aromatic heterocycles. The fraction of sp³-hybridized carbons (Fsp3) is 0.156. The van der Waals surface area contributed by atoms with Gasteiger partial charge in [-0.2, -0.15) is 5.10 Å². The van der Waals surface area contributed by atoms with Crippen LogP contribution in [-0.4, -0.2) is 46.5 Å². The monoisotopic (exact) mass is 612 g/mol. The van der Waals surface area contributed by atoms with E-state index < -0.39 is 21.7 Å². The molecule has 222 valence electrons. The zero-order valence-corrected chi connectivity index (χ0v) is 24.5. The number of rotatable bonds is 6. The number of aromatic nitrogens is 4. The lowest BCUT2D eigenvalue weighted by atomic mass is 10.00. The topological polar surface area (TPSA) is 111 Å². The van der Waals surface area contributed by atoms with Crippen LogP contribution in [-0.2, 0) is 23.0 Å². The molecule has 1 aliphatic rings. The maximum atomic E-state index is 14.7. The molecule has 0 saturated carbocycles. The molecule has 0 bridgehead atoms. The molecule has 4 heterocycles. The molecule has 44 heavy (non-hydrogen) atoms. The number of nitrogens with zero attached hydrogens (tertiary/aromatic N) is 4. The third-order valence-electron chi connectivity index (χ3n) is 7.96. The largest absolute Gasteiger partial charge is 0.354 e. The number of sulfonamides is 1. The summed E-state index contributed by atoms with van der Waals surface area (Å²) in [6.45, 7) is 2.20. The van der Waals surface area contributed by atoms with Gasteiger partial charge < -0.3 is 9.88 Å². The second-order valence-corrected chi connectivity index (χ2v) is 12.6. The van der Waals surface area contributed by atoms with Gasteiger partial charge in [0, 0.05) is 29.9 Å². The van der Waals surface area contributed by atoms with E-state index in [1.807, 2.05) is 22.8 Å². The van der Waals surface area contributed by atoms with Gasteiger partial charge in [0.1, 0.15) is 17.3 Å². The molecule has 0 atom stereocenters. The van der Waals surface area contributed by atoms with Gasteiger partial charge in [-0.15, -0.1) is 0 Å². The number of fused-ring (bicyclic) bond motifs is 6. The zero-order chi connectivity index (χ0) is 30.7. The van der Waals surface area contributed by atoms with Crippen molar-refractivity contribution in [3.8, 4) is 28.3 Å². The van der Waals surface area contributed by atoms with Gasteiger partial charge in [-0.1, -0.05) is 12.1 Å². The van der Waals surface area contributed by atoms with E-state index in [4.69, 9.17) is 4.98 Å². The molecule has 2 N–H and O–H groups in total. The van der Waals surface area contributed by atoms with Gasteiger partial charge in [-0.3, -0.25) is 9.52 Å². The van der Waals surface area contributed by atoms with E-state index in [1.165, 1.54) is 49.0 Å². The van der Waals surface area contributed by atoms with Gasteiger partial charge in [0.05, 0.1) is 45.2 Å². The predicted octanol–water partition coefficient (Wildman–Crippen LogP) is 5.66. The summed E-state index contributed by atoms with van der Waals surface area (Å²) >= 11 is 0. The SMILES string of the molecule is CCS(=O)(=O)Nc1cc2nn(-c3ccc(F)cc3)c(C(=O)NC)c2cc1-c1ccc2c(n1)-c1cc3c(F)cccc3n1CC2. The minimum atomic E-state index is -3.72. The maximum Gasteiger partial charge on any atom is 0.270 e. The second-order valence-electron chi connectivity index (χ2n) is 10.5. The number of benzene rings is 3. The molecule has 3 aromatic carbocycles. The smallest absolute Gasteiger partial charge is 0.270 e. The molecule has 1 aliphatic heterocycles. The van der Waals surface area contributed by atoms with Crippen molar-refractivity contribution < 1.29 is 22.0 Å². The molecule has 0 spiro atoms. The first-order chi connectivity index (χ1) is 21.2. The van der Waals surface area contributed by atoms with Crippen LogP contribution in [0.25, 0.3) is 50.1 Å². The van der Waals surface area contributed by atoms with E-state index in [0.717, 1.165) is 16.8 Å². The van der Waals surface area contributed by atoms with Crippen LogP contribution in [0.4, 0.5) is 14.5 Å². The molecule has 0 fully saturated rings. The van der Waals surface area contributed by atoms with Crippen molar-refractivity contribution in [2.24, 2.45) is 0 Å². The van der Waals surface area contributed by atoms with Crippen molar-refractivity contribution >= 4 is 43.4 Å². The van der Waals surface area contributed by atoms with E-state index in [-0.39, 0.29) is 23.0 Å². The highest BCUT2D eigenvalue weighted by Gasteiger charge is 2.25. The van der Waals surface area contributed by atoms with Gasteiger partial charge in [-0.25, -0.2) is 26.9 Å². The number of hydrogen-bond donors (Lipinski definition) is 2. The highest BCUT2D eigenvalue weighted by molar-refractivity contribution is 7.92. The van der Waals surface area contributed by atoms with E-state index >= 15 is 0 Å². The van der Waals surface area contributed by atoms with Crippen LogP contribution >= 0.6 is 0 Å². The predicted molar refractivity (Wildman–Crippen MR) is 165 cm³/mol. The van der Waals surface area contributed by atoms with Crippen molar-refractivity contribution in [1.29, 1.82) is 0 Å². The highest BCUT2D eigenvalue weighted by Crippen LogP contribution is 2.39. The lowest BCUT2D eigenvalue weighted by molar-refractivity contribution is 0.0957. The van der Waals surface area contributed by atoms with Crippen molar-refractivity contribution in [2.45, 2.75) is 19.9 Å². The van der Waals surface area contributed by atoms with Crippen LogP contribution < -0.4 is 10.0 Å². The number of carbonyl (C=O) groups is 1. The van der Waals surface area contributed by atoms with Crippen molar-refractivity contribution in [3.05, 3.63) is 95.7 Å². The number of hydrogen-bond acceptors (Lipinski definition) is 5. The number of halogens is 2. The minimum absolute atomic E-state index is 0.165. The molecule has 0 saturated heterocycles. The molecule has 7 rings (SSSR count). The Morgan fingerprint density at radius 2 is 1.80 bits per heavy atom. The minimum Gasteiger partial charge on any atom is -0.354 e. The third kappa shape index (κ3) is 4.49. The average molecular weight is 613 g/mol. The maximum absolute atomic E-state index is 14.7. The Bertz CT molecular complexity index is 2240. The molecular formula is C32H26F2N6O3S. The quantitative estimate of drug-likeness (QED) is 0.252.